The number of morpholine rings is 1. The molecular weight excluding hydrogens is 552 g/mol. The van der Waals surface area contributed by atoms with Gasteiger partial charge in [0, 0.05) is 38.6 Å². The minimum Gasteiger partial charge on any atom is -0.379 e. The summed E-state index contributed by atoms with van der Waals surface area (Å²) in [6.45, 7) is 11.7. The van der Waals surface area contributed by atoms with E-state index in [9.17, 15) is 19.2 Å². The number of ether oxygens (including phenoxy) is 2. The van der Waals surface area contributed by atoms with Gasteiger partial charge < -0.3 is 35.2 Å². The van der Waals surface area contributed by atoms with E-state index in [0.717, 1.165) is 44.8 Å². The van der Waals surface area contributed by atoms with Crippen LogP contribution in [0.15, 0.2) is 42.7 Å². The Balaban J connectivity index is 1.65. The molecule has 43 heavy (non-hydrogen) atoms. The minimum absolute atomic E-state index is 0.000295. The highest BCUT2D eigenvalue weighted by molar-refractivity contribution is 5.94. The lowest BCUT2D eigenvalue weighted by molar-refractivity contribution is -0.146. The van der Waals surface area contributed by atoms with Crippen molar-refractivity contribution in [2.75, 3.05) is 59.6 Å². The van der Waals surface area contributed by atoms with Crippen LogP contribution in [0.4, 0.5) is 0 Å². The average Bonchev–Trinajstić information content (AvgIpc) is 3.00. The van der Waals surface area contributed by atoms with Gasteiger partial charge in [-0.05, 0) is 31.4 Å². The first-order valence-electron chi connectivity index (χ1n) is 15.0. The summed E-state index contributed by atoms with van der Waals surface area (Å²) in [5.41, 5.74) is 0.351. The second kappa shape index (κ2) is 16.5. The van der Waals surface area contributed by atoms with E-state index in [1.165, 1.54) is 4.90 Å². The molecule has 3 rings (SSSR count). The summed E-state index contributed by atoms with van der Waals surface area (Å²) in [4.78, 5) is 57.9. The number of likely N-dealkylation sites (N-methyl/N-ethyl adjacent to an activating group) is 1. The lowest BCUT2D eigenvalue weighted by Gasteiger charge is -2.36. The van der Waals surface area contributed by atoms with Gasteiger partial charge in [-0.1, -0.05) is 51.1 Å². The van der Waals surface area contributed by atoms with E-state index in [2.05, 4.69) is 20.9 Å². The van der Waals surface area contributed by atoms with Gasteiger partial charge in [-0.2, -0.15) is 0 Å². The number of carbonyl (C=O) groups is 4. The van der Waals surface area contributed by atoms with Crippen LogP contribution < -0.4 is 16.0 Å². The van der Waals surface area contributed by atoms with Gasteiger partial charge in [0.2, 0.25) is 17.7 Å². The van der Waals surface area contributed by atoms with E-state index in [-0.39, 0.29) is 25.0 Å². The molecule has 0 spiro atoms. The van der Waals surface area contributed by atoms with Gasteiger partial charge in [-0.25, -0.2) is 0 Å². The molecule has 2 aliphatic rings. The highest BCUT2D eigenvalue weighted by atomic mass is 16.5. The normalized spacial score (nSPS) is 19.2. The molecular formula is C31H48N6O6. The molecule has 1 fully saturated rings. The first-order chi connectivity index (χ1) is 20.5. The molecule has 1 aromatic rings. The van der Waals surface area contributed by atoms with Crippen LogP contribution in [0.2, 0.25) is 0 Å². The highest BCUT2D eigenvalue weighted by Gasteiger charge is 2.37. The molecule has 0 unspecified atom stereocenters. The predicted octanol–water partition coefficient (Wildman–Crippen LogP) is 0.691. The molecule has 238 valence electrons. The molecule has 0 saturated carbocycles. The molecule has 3 atom stereocenters. The zero-order chi connectivity index (χ0) is 31.4. The van der Waals surface area contributed by atoms with E-state index in [1.54, 1.807) is 31.3 Å². The second-order valence-corrected chi connectivity index (χ2v) is 12.0. The molecule has 2 heterocycles. The van der Waals surface area contributed by atoms with Crippen LogP contribution in [-0.2, 0) is 35.3 Å². The summed E-state index contributed by atoms with van der Waals surface area (Å²) < 4.78 is 11.3. The third-order valence-electron chi connectivity index (χ3n) is 7.62. The van der Waals surface area contributed by atoms with Crippen LogP contribution in [0.25, 0.3) is 0 Å². The molecule has 1 aromatic carbocycles. The van der Waals surface area contributed by atoms with Crippen molar-refractivity contribution in [3.05, 3.63) is 48.3 Å². The number of carbonyl (C=O) groups excluding carboxylic acids is 4. The van der Waals surface area contributed by atoms with Gasteiger partial charge >= 0.3 is 0 Å². The Kier molecular flexibility index (Phi) is 13.1. The third kappa shape index (κ3) is 10.4. The van der Waals surface area contributed by atoms with Crippen molar-refractivity contribution in [1.29, 1.82) is 0 Å². The van der Waals surface area contributed by atoms with E-state index < -0.39 is 35.4 Å². The van der Waals surface area contributed by atoms with E-state index in [1.807, 2.05) is 51.1 Å². The molecule has 4 amide bonds. The fraction of sp³-hybridized carbons (Fsp3) is 0.613. The Labute approximate surface area is 255 Å². The molecule has 3 N–H and O–H groups in total. The zero-order valence-corrected chi connectivity index (χ0v) is 26.1. The third-order valence-corrected chi connectivity index (χ3v) is 7.62. The number of nitrogens with one attached hydrogen (secondary N) is 3. The summed E-state index contributed by atoms with van der Waals surface area (Å²) in [6.07, 6.45) is 3.98. The van der Waals surface area contributed by atoms with Crippen LogP contribution in [0.5, 0.6) is 0 Å². The molecule has 0 aliphatic carbocycles. The molecule has 0 aromatic heterocycles. The van der Waals surface area contributed by atoms with Gasteiger partial charge in [-0.15, -0.1) is 0 Å². The van der Waals surface area contributed by atoms with Crippen LogP contribution in [0.1, 0.15) is 39.7 Å². The lowest BCUT2D eigenvalue weighted by atomic mass is 9.86. The molecule has 2 aliphatic heterocycles. The van der Waals surface area contributed by atoms with Crippen LogP contribution in [0.3, 0.4) is 0 Å². The topological polar surface area (TPSA) is 133 Å². The SMILES string of the molecule is CN[C@@H](C)C(=O)N[C@H](C(=O)NCC(=O)N1C=CN(CCCN2CCOCC2)C(=O)[C@@H]1COCc1ccccc1)C(C)(C)C. The number of amides is 4. The standard InChI is InChI=1S/C31H48N6O6/c1-23(32-5)28(39)34-27(31(2,3)4)29(40)33-20-26(38)37-15-14-36(13-9-12-35-16-18-42-19-17-35)30(41)25(37)22-43-21-24-10-7-6-8-11-24/h6-8,10-11,14-15,23,25,27,32H,9,12-13,16-22H2,1-5H3,(H,33,40)(H,34,39)/t23-,25-,27+/m0/s1. The van der Waals surface area contributed by atoms with Crippen LogP contribution >= 0.6 is 0 Å². The average molecular weight is 601 g/mol. The Hall–Kier alpha value is -3.32. The summed E-state index contributed by atoms with van der Waals surface area (Å²) in [5.74, 6) is -1.50. The van der Waals surface area contributed by atoms with Crippen LogP contribution in [-0.4, -0.2) is 116 Å². The number of hydrogen-bond acceptors (Lipinski definition) is 8. The Morgan fingerprint density at radius 2 is 1.74 bits per heavy atom. The summed E-state index contributed by atoms with van der Waals surface area (Å²) in [7, 11) is 1.66. The first-order valence-corrected chi connectivity index (χ1v) is 15.0. The smallest absolute Gasteiger partial charge is 0.252 e. The van der Waals surface area contributed by atoms with E-state index in [4.69, 9.17) is 9.47 Å². The highest BCUT2D eigenvalue weighted by Crippen LogP contribution is 2.20. The molecule has 12 nitrogen and oxygen atoms in total. The Bertz CT molecular complexity index is 1100. The maximum Gasteiger partial charge on any atom is 0.252 e. The monoisotopic (exact) mass is 600 g/mol. The van der Waals surface area contributed by atoms with Crippen molar-refractivity contribution in [2.45, 2.75) is 58.8 Å². The van der Waals surface area contributed by atoms with Crippen molar-refractivity contribution >= 4 is 23.6 Å². The number of nitrogens with zero attached hydrogens (tertiary/aromatic N) is 3. The lowest BCUT2D eigenvalue weighted by Crippen LogP contribution is -2.58. The Morgan fingerprint density at radius 1 is 1.05 bits per heavy atom. The van der Waals surface area contributed by atoms with Crippen molar-refractivity contribution in [3.8, 4) is 0 Å². The minimum atomic E-state index is -0.879. The van der Waals surface area contributed by atoms with Crippen molar-refractivity contribution in [2.24, 2.45) is 5.41 Å². The quantitative estimate of drug-likeness (QED) is 0.284. The van der Waals surface area contributed by atoms with Crippen molar-refractivity contribution in [3.63, 3.8) is 0 Å². The predicted molar refractivity (Wildman–Crippen MR) is 162 cm³/mol. The molecule has 12 heteroatoms. The van der Waals surface area contributed by atoms with Gasteiger partial charge in [0.05, 0.1) is 39.0 Å². The largest absolute Gasteiger partial charge is 0.379 e. The Morgan fingerprint density at radius 3 is 2.40 bits per heavy atom. The van der Waals surface area contributed by atoms with Crippen LogP contribution in [0, 0.1) is 5.41 Å². The van der Waals surface area contributed by atoms with Crippen molar-refractivity contribution < 1.29 is 28.7 Å². The van der Waals surface area contributed by atoms with E-state index >= 15 is 0 Å². The molecule has 0 bridgehead atoms. The number of benzene rings is 1. The maximum atomic E-state index is 13.6. The molecule has 0 radical (unpaired) electrons. The van der Waals surface area contributed by atoms with E-state index in [0.29, 0.717) is 13.2 Å². The number of rotatable bonds is 14. The fourth-order valence-electron chi connectivity index (χ4n) is 4.82. The summed E-state index contributed by atoms with van der Waals surface area (Å²) in [6, 6.07) is 7.37. The zero-order valence-electron chi connectivity index (χ0n) is 26.1. The van der Waals surface area contributed by atoms with Crippen molar-refractivity contribution in [1.82, 2.24) is 30.7 Å². The first kappa shape index (κ1) is 34.2. The van der Waals surface area contributed by atoms with Gasteiger partial charge in [0.15, 0.2) is 0 Å². The fourth-order valence-corrected chi connectivity index (χ4v) is 4.82. The molecule has 1 saturated heterocycles. The summed E-state index contributed by atoms with van der Waals surface area (Å²) >= 11 is 0. The van der Waals surface area contributed by atoms with Gasteiger partial charge in [0.1, 0.15) is 12.1 Å². The number of hydrogen-bond donors (Lipinski definition) is 3. The van der Waals surface area contributed by atoms with Gasteiger partial charge in [-0.3, -0.25) is 24.1 Å². The summed E-state index contributed by atoms with van der Waals surface area (Å²) in [5, 5.41) is 8.30. The van der Waals surface area contributed by atoms with Gasteiger partial charge in [0.25, 0.3) is 5.91 Å². The maximum absolute atomic E-state index is 13.6. The second-order valence-electron chi connectivity index (χ2n) is 12.0.